The summed E-state index contributed by atoms with van der Waals surface area (Å²) in [6, 6.07) is 0. The number of nitrogens with one attached hydrogen (secondary N) is 2. The number of hydrogen-bond donors (Lipinski definition) is 4. The molecule has 1 unspecified atom stereocenters. The van der Waals surface area contributed by atoms with Crippen LogP contribution in [0.2, 0.25) is 0 Å². The Morgan fingerprint density at radius 2 is 1.74 bits per heavy atom. The molecule has 4 N–H and O–H groups in total. The number of ether oxygens (including phenoxy) is 1. The lowest BCUT2D eigenvalue weighted by Crippen LogP contribution is -2.47. The number of rotatable bonds is 9. The molecule has 8 nitrogen and oxygen atoms in total. The van der Waals surface area contributed by atoms with Crippen molar-refractivity contribution >= 4 is 18.0 Å². The van der Waals surface area contributed by atoms with Gasteiger partial charge < -0.3 is 25.6 Å². The normalized spacial score (nSPS) is 13.8. The molecule has 0 rings (SSSR count). The van der Waals surface area contributed by atoms with Crippen LogP contribution in [0.15, 0.2) is 0 Å². The molecule has 0 spiro atoms. The predicted octanol–water partition coefficient (Wildman–Crippen LogP) is 0.881. The fourth-order valence-electron chi connectivity index (χ4n) is 2.10. The lowest BCUT2D eigenvalue weighted by molar-refractivity contribution is -0.152. The van der Waals surface area contributed by atoms with Crippen molar-refractivity contribution in [3.8, 4) is 0 Å². The molecule has 8 heteroatoms. The summed E-state index contributed by atoms with van der Waals surface area (Å²) in [5.41, 5.74) is -2.11. The minimum absolute atomic E-state index is 0.0557. The summed E-state index contributed by atoms with van der Waals surface area (Å²) in [6.45, 7) is 6.52. The van der Waals surface area contributed by atoms with Crippen molar-refractivity contribution in [2.45, 2.75) is 52.6 Å². The molecule has 0 saturated carbocycles. The summed E-state index contributed by atoms with van der Waals surface area (Å²) in [5.74, 6) is -1.64. The van der Waals surface area contributed by atoms with Crippen LogP contribution in [0.1, 0.15) is 47.0 Å². The summed E-state index contributed by atoms with van der Waals surface area (Å²) in [4.78, 5) is 35.3. The largest absolute Gasteiger partial charge is 0.481 e. The number of aliphatic hydroxyl groups excluding tert-OH is 1. The summed E-state index contributed by atoms with van der Waals surface area (Å²) in [7, 11) is 0. The second-order valence-corrected chi connectivity index (χ2v) is 6.44. The number of hydrogen-bond acceptors (Lipinski definition) is 5. The molecule has 1 atom stereocenters. The van der Waals surface area contributed by atoms with Crippen molar-refractivity contribution < 1.29 is 29.3 Å². The average molecular weight is 332 g/mol. The van der Waals surface area contributed by atoms with E-state index in [4.69, 9.17) is 9.84 Å². The van der Waals surface area contributed by atoms with Gasteiger partial charge in [-0.05, 0) is 27.2 Å². The molecule has 2 amide bonds. The highest BCUT2D eigenvalue weighted by atomic mass is 16.6. The molecule has 0 heterocycles. The first-order valence-electron chi connectivity index (χ1n) is 7.64. The number of carbonyl (C=O) groups excluding carboxylic acids is 2. The predicted molar refractivity (Wildman–Crippen MR) is 83.9 cm³/mol. The minimum Gasteiger partial charge on any atom is -0.481 e. The van der Waals surface area contributed by atoms with Crippen LogP contribution < -0.4 is 10.6 Å². The molecule has 0 aromatic heterocycles. The Morgan fingerprint density at radius 1 is 1.13 bits per heavy atom. The van der Waals surface area contributed by atoms with E-state index < -0.39 is 29.0 Å². The Labute approximate surface area is 136 Å². The van der Waals surface area contributed by atoms with Crippen LogP contribution in [-0.4, -0.2) is 53.5 Å². The molecule has 0 fully saturated rings. The highest BCUT2D eigenvalue weighted by molar-refractivity contribution is 5.85. The van der Waals surface area contributed by atoms with Gasteiger partial charge in [-0.2, -0.15) is 0 Å². The third-order valence-corrected chi connectivity index (χ3v) is 3.09. The standard InChI is InChI=1S/C15H28N2O6/c1-5-6-15(12(20)21,9-11(19)16-7-8-18)10-17-13(22)23-14(2,3)4/h18H,5-10H2,1-4H3,(H,16,19)(H,17,22)(H,20,21). The van der Waals surface area contributed by atoms with Crippen molar-refractivity contribution in [1.29, 1.82) is 0 Å². The first-order chi connectivity index (χ1) is 10.6. The topological polar surface area (TPSA) is 125 Å². The zero-order valence-electron chi connectivity index (χ0n) is 14.3. The fourth-order valence-corrected chi connectivity index (χ4v) is 2.10. The number of alkyl carbamates (subject to hydrolysis) is 1. The number of carbonyl (C=O) groups is 3. The molecule has 0 radical (unpaired) electrons. The number of carboxylic acids is 1. The Balaban J connectivity index is 4.95. The van der Waals surface area contributed by atoms with Crippen LogP contribution in [-0.2, 0) is 14.3 Å². The Hall–Kier alpha value is -1.83. The maximum atomic E-state index is 11.8. The van der Waals surface area contributed by atoms with Crippen molar-refractivity contribution in [2.24, 2.45) is 5.41 Å². The van der Waals surface area contributed by atoms with E-state index in [1.165, 1.54) is 0 Å². The van der Waals surface area contributed by atoms with Crippen molar-refractivity contribution in [1.82, 2.24) is 10.6 Å². The van der Waals surface area contributed by atoms with Crippen LogP contribution in [0.4, 0.5) is 4.79 Å². The molecule has 0 aliphatic carbocycles. The van der Waals surface area contributed by atoms with E-state index >= 15 is 0 Å². The van der Waals surface area contributed by atoms with Gasteiger partial charge in [-0.1, -0.05) is 13.3 Å². The zero-order valence-corrected chi connectivity index (χ0v) is 14.3. The molecule has 134 valence electrons. The van der Waals surface area contributed by atoms with Gasteiger partial charge in [0.05, 0.1) is 12.0 Å². The van der Waals surface area contributed by atoms with E-state index in [0.29, 0.717) is 6.42 Å². The summed E-state index contributed by atoms with van der Waals surface area (Å²) >= 11 is 0. The van der Waals surface area contributed by atoms with E-state index in [1.807, 2.05) is 0 Å². The third-order valence-electron chi connectivity index (χ3n) is 3.09. The lowest BCUT2D eigenvalue weighted by atomic mass is 9.79. The monoisotopic (exact) mass is 332 g/mol. The molecule has 0 aliphatic heterocycles. The molecule has 23 heavy (non-hydrogen) atoms. The fraction of sp³-hybridized carbons (Fsp3) is 0.800. The molecular weight excluding hydrogens is 304 g/mol. The van der Waals surface area contributed by atoms with Gasteiger partial charge in [0.2, 0.25) is 5.91 Å². The van der Waals surface area contributed by atoms with E-state index in [1.54, 1.807) is 27.7 Å². The number of aliphatic hydroxyl groups is 1. The number of carboxylic acid groups (broad SMARTS) is 1. The average Bonchev–Trinajstić information content (AvgIpc) is 2.40. The van der Waals surface area contributed by atoms with E-state index in [-0.39, 0.29) is 32.5 Å². The molecule has 0 saturated heterocycles. The van der Waals surface area contributed by atoms with E-state index in [2.05, 4.69) is 10.6 Å². The van der Waals surface area contributed by atoms with Gasteiger partial charge >= 0.3 is 12.1 Å². The van der Waals surface area contributed by atoms with Gasteiger partial charge in [0, 0.05) is 19.5 Å². The minimum atomic E-state index is -1.41. The van der Waals surface area contributed by atoms with E-state index in [0.717, 1.165) is 0 Å². The molecule has 0 aliphatic rings. The smallest absolute Gasteiger partial charge is 0.407 e. The molecule has 0 aromatic carbocycles. The SMILES string of the molecule is CCCC(CNC(=O)OC(C)(C)C)(CC(=O)NCCO)C(=O)O. The second kappa shape index (κ2) is 9.34. The third kappa shape index (κ3) is 8.39. The van der Waals surface area contributed by atoms with Crippen LogP contribution in [0, 0.1) is 5.41 Å². The highest BCUT2D eigenvalue weighted by Gasteiger charge is 2.40. The van der Waals surface area contributed by atoms with Crippen LogP contribution in [0.5, 0.6) is 0 Å². The maximum Gasteiger partial charge on any atom is 0.407 e. The number of amides is 2. The maximum absolute atomic E-state index is 11.8. The summed E-state index contributed by atoms with van der Waals surface area (Å²) < 4.78 is 5.08. The van der Waals surface area contributed by atoms with Crippen molar-refractivity contribution in [3.63, 3.8) is 0 Å². The Kier molecular flexibility index (Phi) is 8.60. The van der Waals surface area contributed by atoms with Gasteiger partial charge in [-0.25, -0.2) is 4.79 Å². The first-order valence-corrected chi connectivity index (χ1v) is 7.64. The highest BCUT2D eigenvalue weighted by Crippen LogP contribution is 2.28. The Morgan fingerprint density at radius 3 is 2.17 bits per heavy atom. The Bertz CT molecular complexity index is 419. The van der Waals surface area contributed by atoms with Gasteiger partial charge in [0.1, 0.15) is 5.60 Å². The van der Waals surface area contributed by atoms with Gasteiger partial charge in [-0.15, -0.1) is 0 Å². The summed E-state index contributed by atoms with van der Waals surface area (Å²) in [5, 5.41) is 23.1. The second-order valence-electron chi connectivity index (χ2n) is 6.44. The van der Waals surface area contributed by atoms with Crippen LogP contribution in [0.3, 0.4) is 0 Å². The molecule has 0 aromatic rings. The summed E-state index contributed by atoms with van der Waals surface area (Å²) in [6.07, 6.45) is -0.248. The molecule has 0 bridgehead atoms. The van der Waals surface area contributed by atoms with Gasteiger partial charge in [-0.3, -0.25) is 9.59 Å². The lowest BCUT2D eigenvalue weighted by Gasteiger charge is -2.29. The van der Waals surface area contributed by atoms with Crippen LogP contribution in [0.25, 0.3) is 0 Å². The van der Waals surface area contributed by atoms with Crippen molar-refractivity contribution in [3.05, 3.63) is 0 Å². The van der Waals surface area contributed by atoms with Crippen molar-refractivity contribution in [2.75, 3.05) is 19.7 Å². The number of aliphatic carboxylic acids is 1. The van der Waals surface area contributed by atoms with Crippen LogP contribution >= 0.6 is 0 Å². The first kappa shape index (κ1) is 21.2. The quantitative estimate of drug-likeness (QED) is 0.497. The van der Waals surface area contributed by atoms with Gasteiger partial charge in [0.25, 0.3) is 0 Å². The molecular formula is C15H28N2O6. The zero-order chi connectivity index (χ0) is 18.1. The van der Waals surface area contributed by atoms with Gasteiger partial charge in [0.15, 0.2) is 0 Å². The van der Waals surface area contributed by atoms with E-state index in [9.17, 15) is 19.5 Å².